The van der Waals surface area contributed by atoms with E-state index in [0.717, 1.165) is 55.6 Å². The number of aromatic nitrogens is 1. The lowest BCUT2D eigenvalue weighted by Gasteiger charge is -2.25. The van der Waals surface area contributed by atoms with E-state index < -0.39 is 0 Å². The van der Waals surface area contributed by atoms with E-state index in [1.165, 1.54) is 5.57 Å². The van der Waals surface area contributed by atoms with Gasteiger partial charge in [0.15, 0.2) is 5.82 Å². The number of hydrogen-bond donors (Lipinski definition) is 1. The molecule has 0 fully saturated rings. The Morgan fingerprint density at radius 3 is 2.85 bits per heavy atom. The first-order valence-electron chi connectivity index (χ1n) is 11.7. The molecule has 4 nitrogen and oxygen atoms in total. The number of anilines is 1. The number of aliphatic imine (C=N–C) groups is 1. The van der Waals surface area contributed by atoms with Gasteiger partial charge in [-0.2, -0.15) is 0 Å². The number of nitrogens with zero attached hydrogens (tertiary/aromatic N) is 2. The Balaban J connectivity index is 1.58. The van der Waals surface area contributed by atoms with Crippen LogP contribution in [0.3, 0.4) is 0 Å². The third-order valence-electron chi connectivity index (χ3n) is 6.54. The summed E-state index contributed by atoms with van der Waals surface area (Å²) in [6.07, 6.45) is 10.8. The Labute approximate surface area is 193 Å². The molecule has 0 unspecified atom stereocenters. The van der Waals surface area contributed by atoms with Crippen LogP contribution >= 0.6 is 0 Å². The van der Waals surface area contributed by atoms with E-state index in [4.69, 9.17) is 4.99 Å². The highest BCUT2D eigenvalue weighted by molar-refractivity contribution is 6.09. The molecule has 33 heavy (non-hydrogen) atoms. The average Bonchev–Trinajstić information content (AvgIpc) is 2.93. The van der Waals surface area contributed by atoms with Crippen molar-refractivity contribution in [1.82, 2.24) is 4.98 Å². The Morgan fingerprint density at radius 2 is 1.94 bits per heavy atom. The number of rotatable bonds is 2. The van der Waals surface area contributed by atoms with Crippen LogP contribution in [0.4, 0.5) is 15.8 Å². The summed E-state index contributed by atoms with van der Waals surface area (Å²) in [7, 11) is 0. The minimum atomic E-state index is -0.311. The van der Waals surface area contributed by atoms with Crippen molar-refractivity contribution in [2.45, 2.75) is 39.0 Å². The molecule has 1 aliphatic carbocycles. The molecule has 0 radical (unpaired) electrons. The summed E-state index contributed by atoms with van der Waals surface area (Å²) in [5.74, 6) is -0.311. The highest BCUT2D eigenvalue weighted by Gasteiger charge is 2.23. The van der Waals surface area contributed by atoms with Crippen molar-refractivity contribution in [3.63, 3.8) is 0 Å². The van der Waals surface area contributed by atoms with Crippen LogP contribution in [-0.2, 0) is 0 Å². The minimum absolute atomic E-state index is 0.189. The summed E-state index contributed by atoms with van der Waals surface area (Å²) >= 11 is 0. The van der Waals surface area contributed by atoms with Crippen LogP contribution in [0, 0.1) is 5.82 Å². The van der Waals surface area contributed by atoms with Gasteiger partial charge in [0.05, 0.1) is 17.0 Å². The molecule has 168 valence electrons. The van der Waals surface area contributed by atoms with Gasteiger partial charge in [-0.15, -0.1) is 0 Å². The molecule has 0 bridgehead atoms. The first kappa shape index (κ1) is 21.4. The zero-order chi connectivity index (χ0) is 22.8. The molecule has 0 atom stereocenters. The number of nitrogens with one attached hydrogen (secondary N) is 1. The fraction of sp³-hybridized carbons (Fsp3) is 0.286. The largest absolute Gasteiger partial charge is 0.369 e. The molecule has 1 aromatic carbocycles. The highest BCUT2D eigenvalue weighted by atomic mass is 19.1. The van der Waals surface area contributed by atoms with Gasteiger partial charge in [-0.1, -0.05) is 54.1 Å². The maximum Gasteiger partial charge on any atom is 0.258 e. The van der Waals surface area contributed by atoms with E-state index in [1.807, 2.05) is 54.6 Å². The number of benzene rings is 1. The molecule has 0 amide bonds. The number of fused-ring (bicyclic) bond motifs is 2. The van der Waals surface area contributed by atoms with Gasteiger partial charge >= 0.3 is 0 Å². The van der Waals surface area contributed by atoms with Crippen LogP contribution in [0.15, 0.2) is 70.0 Å². The number of allylic oxidation sites excluding steroid dienone is 2. The lowest BCUT2D eigenvalue weighted by molar-refractivity contribution is 0.612. The molecule has 0 aromatic heterocycles. The first-order valence-corrected chi connectivity index (χ1v) is 11.7. The normalized spacial score (nSPS) is 18.4. The van der Waals surface area contributed by atoms with Crippen molar-refractivity contribution in [2.75, 3.05) is 18.0 Å². The van der Waals surface area contributed by atoms with Crippen LogP contribution in [0.2, 0.25) is 0 Å². The maximum absolute atomic E-state index is 15.9. The van der Waals surface area contributed by atoms with Gasteiger partial charge in [0.2, 0.25) is 0 Å². The van der Waals surface area contributed by atoms with Crippen LogP contribution in [-0.4, -0.2) is 23.8 Å². The van der Waals surface area contributed by atoms with Crippen molar-refractivity contribution < 1.29 is 4.39 Å². The van der Waals surface area contributed by atoms with Gasteiger partial charge in [-0.05, 0) is 44.7 Å². The SMILES string of the molecule is C/C1=C\CCN(c2ccc3c(c2F)N=C(c2c4cccccc-4[nH]c2=O)CC=C3)CCCC1. The Morgan fingerprint density at radius 1 is 1.06 bits per heavy atom. The second kappa shape index (κ2) is 9.18. The number of halogens is 1. The molecule has 0 saturated carbocycles. The molecule has 5 heteroatoms. The van der Waals surface area contributed by atoms with Crippen LogP contribution in [0.25, 0.3) is 17.3 Å². The third-order valence-corrected chi connectivity index (χ3v) is 6.54. The van der Waals surface area contributed by atoms with E-state index in [1.54, 1.807) is 0 Å². The van der Waals surface area contributed by atoms with Gasteiger partial charge in [0, 0.05) is 36.3 Å². The van der Waals surface area contributed by atoms with Crippen molar-refractivity contribution in [3.05, 3.63) is 87.5 Å². The van der Waals surface area contributed by atoms with E-state index in [-0.39, 0.29) is 11.4 Å². The predicted molar refractivity (Wildman–Crippen MR) is 134 cm³/mol. The average molecular weight is 442 g/mol. The van der Waals surface area contributed by atoms with Crippen LogP contribution < -0.4 is 10.5 Å². The fourth-order valence-electron chi connectivity index (χ4n) is 4.79. The second-order valence-corrected chi connectivity index (χ2v) is 8.85. The van der Waals surface area contributed by atoms with Crippen molar-refractivity contribution >= 4 is 23.2 Å². The molecular formula is C28H28FN3O. The van der Waals surface area contributed by atoms with Gasteiger partial charge in [0.1, 0.15) is 5.69 Å². The number of aromatic amines is 1. The molecule has 1 N–H and O–H groups in total. The molecule has 0 spiro atoms. The summed E-state index contributed by atoms with van der Waals surface area (Å²) in [6, 6.07) is 13.3. The molecule has 0 saturated heterocycles. The highest BCUT2D eigenvalue weighted by Crippen LogP contribution is 2.36. The smallest absolute Gasteiger partial charge is 0.258 e. The molecule has 3 aliphatic heterocycles. The fourth-order valence-corrected chi connectivity index (χ4v) is 4.79. The quantitative estimate of drug-likeness (QED) is 0.463. The Hall–Kier alpha value is -3.47. The van der Waals surface area contributed by atoms with Crippen molar-refractivity contribution in [1.29, 1.82) is 0 Å². The van der Waals surface area contributed by atoms with Gasteiger partial charge in [-0.3, -0.25) is 4.79 Å². The zero-order valence-corrected chi connectivity index (χ0v) is 18.9. The molecule has 5 rings (SSSR count). The summed E-state index contributed by atoms with van der Waals surface area (Å²) in [5.41, 5.74) is 5.54. The monoisotopic (exact) mass is 441 g/mol. The van der Waals surface area contributed by atoms with Crippen LogP contribution in [0.5, 0.6) is 0 Å². The molecule has 1 aromatic rings. The van der Waals surface area contributed by atoms with E-state index in [2.05, 4.69) is 22.9 Å². The number of H-pyrrole nitrogens is 1. The molecule has 4 aliphatic rings. The van der Waals surface area contributed by atoms with Gasteiger partial charge in [0.25, 0.3) is 5.56 Å². The topological polar surface area (TPSA) is 48.5 Å². The summed E-state index contributed by atoms with van der Waals surface area (Å²) in [6.45, 7) is 3.78. The summed E-state index contributed by atoms with van der Waals surface area (Å²) in [4.78, 5) is 22.6. The van der Waals surface area contributed by atoms with Crippen LogP contribution in [0.1, 0.15) is 50.2 Å². The lowest BCUT2D eigenvalue weighted by Crippen LogP contribution is -2.26. The van der Waals surface area contributed by atoms with Gasteiger partial charge < -0.3 is 9.88 Å². The molecular weight excluding hydrogens is 413 g/mol. The predicted octanol–water partition coefficient (Wildman–Crippen LogP) is 6.48. The van der Waals surface area contributed by atoms with E-state index in [0.29, 0.717) is 29.1 Å². The summed E-state index contributed by atoms with van der Waals surface area (Å²) < 4.78 is 15.9. The van der Waals surface area contributed by atoms with Gasteiger partial charge in [-0.25, -0.2) is 9.38 Å². The Kier molecular flexibility index (Phi) is 5.95. The second-order valence-electron chi connectivity index (χ2n) is 8.85. The molecule has 3 heterocycles. The minimum Gasteiger partial charge on any atom is -0.369 e. The zero-order valence-electron chi connectivity index (χ0n) is 18.9. The standard InChI is InChI=1S/C28H28FN3O/c1-19-9-5-6-17-32(18-8-10-19)24-16-15-20-11-7-14-23(30-27(20)26(24)29)25-21-12-3-2-4-13-22(21)31-28(25)33/h2-4,7,10-13,15-16H,5-6,8-9,14,17-18H2,1H3,(H,31,33)/b19-10+. The number of hydrogen-bond acceptors (Lipinski definition) is 3. The summed E-state index contributed by atoms with van der Waals surface area (Å²) in [5, 5.41) is 0. The van der Waals surface area contributed by atoms with E-state index in [9.17, 15) is 4.79 Å². The Bertz CT molecular complexity index is 1300. The third kappa shape index (κ3) is 4.28. The van der Waals surface area contributed by atoms with Crippen molar-refractivity contribution in [3.8, 4) is 11.3 Å². The van der Waals surface area contributed by atoms with E-state index >= 15 is 4.39 Å². The van der Waals surface area contributed by atoms with Crippen molar-refractivity contribution in [2.24, 2.45) is 4.99 Å². The first-order chi connectivity index (χ1) is 16.1. The lowest BCUT2D eigenvalue weighted by atomic mass is 10.0. The maximum atomic E-state index is 15.9.